The number of ether oxygens (including phenoxy) is 2. The summed E-state index contributed by atoms with van der Waals surface area (Å²) >= 11 is 0. The molecule has 0 saturated heterocycles. The Kier molecular flexibility index (Phi) is 7.05. The van der Waals surface area contributed by atoms with Crippen LogP contribution in [0.3, 0.4) is 0 Å². The Morgan fingerprint density at radius 2 is 1.63 bits per heavy atom. The molecule has 0 aliphatic carbocycles. The van der Waals surface area contributed by atoms with Gasteiger partial charge in [0, 0.05) is 12.4 Å². The van der Waals surface area contributed by atoms with Gasteiger partial charge in [-0.25, -0.2) is 4.79 Å². The van der Waals surface area contributed by atoms with Crippen molar-refractivity contribution in [2.24, 2.45) is 0 Å². The third kappa shape index (κ3) is 5.84. The Balaban J connectivity index is 1.70. The summed E-state index contributed by atoms with van der Waals surface area (Å²) in [5.41, 5.74) is 1.65. The molecule has 3 rings (SSSR count). The van der Waals surface area contributed by atoms with Crippen molar-refractivity contribution < 1.29 is 27.8 Å². The van der Waals surface area contributed by atoms with Crippen LogP contribution in [0, 0.1) is 0 Å². The van der Waals surface area contributed by atoms with E-state index in [9.17, 15) is 18.4 Å². The van der Waals surface area contributed by atoms with Crippen LogP contribution in [-0.4, -0.2) is 30.1 Å². The first-order valence-corrected chi connectivity index (χ1v) is 8.99. The van der Waals surface area contributed by atoms with Gasteiger partial charge >= 0.3 is 12.6 Å². The summed E-state index contributed by atoms with van der Waals surface area (Å²) in [7, 11) is 0. The molecule has 2 aromatic carbocycles. The number of esters is 1. The van der Waals surface area contributed by atoms with Gasteiger partial charge in [-0.2, -0.15) is 8.78 Å². The lowest BCUT2D eigenvalue weighted by molar-refractivity contribution is -0.124. The molecule has 0 aliphatic rings. The van der Waals surface area contributed by atoms with E-state index in [0.29, 0.717) is 5.56 Å². The molecule has 0 fully saturated rings. The Hall–Kier alpha value is -3.81. The fourth-order valence-electron chi connectivity index (χ4n) is 2.75. The highest BCUT2D eigenvalue weighted by Crippen LogP contribution is 2.24. The SMILES string of the molecule is O=C(COC(=O)c1cccnc1)N[C@@H](c1ccccc1)c1ccc(OC(F)F)cc1. The van der Waals surface area contributed by atoms with Crippen molar-refractivity contribution in [1.82, 2.24) is 10.3 Å². The minimum atomic E-state index is -2.92. The van der Waals surface area contributed by atoms with Crippen LogP contribution < -0.4 is 10.1 Å². The molecule has 30 heavy (non-hydrogen) atoms. The Labute approximate surface area is 171 Å². The highest BCUT2D eigenvalue weighted by Gasteiger charge is 2.18. The standard InChI is InChI=1S/C22H18F2N2O4/c23-22(24)30-18-10-8-16(9-11-18)20(15-5-2-1-3-6-15)26-19(27)14-29-21(28)17-7-4-12-25-13-17/h1-13,20,22H,14H2,(H,26,27)/t20-/m0/s1. The zero-order chi connectivity index (χ0) is 21.3. The van der Waals surface area contributed by atoms with Crippen molar-refractivity contribution in [3.8, 4) is 5.75 Å². The van der Waals surface area contributed by atoms with Gasteiger partial charge in [0.15, 0.2) is 6.61 Å². The third-order valence-electron chi connectivity index (χ3n) is 4.11. The Morgan fingerprint density at radius 3 is 2.27 bits per heavy atom. The fourth-order valence-corrected chi connectivity index (χ4v) is 2.75. The van der Waals surface area contributed by atoms with Gasteiger partial charge in [-0.3, -0.25) is 9.78 Å². The molecule has 1 heterocycles. The number of hydrogen-bond acceptors (Lipinski definition) is 5. The molecule has 154 valence electrons. The zero-order valence-electron chi connectivity index (χ0n) is 15.7. The molecular weight excluding hydrogens is 394 g/mol. The first-order valence-electron chi connectivity index (χ1n) is 8.99. The van der Waals surface area contributed by atoms with Crippen LogP contribution in [0.2, 0.25) is 0 Å². The second kappa shape index (κ2) is 10.1. The number of aromatic nitrogens is 1. The van der Waals surface area contributed by atoms with Crippen molar-refractivity contribution in [3.05, 3.63) is 95.8 Å². The number of pyridine rings is 1. The van der Waals surface area contributed by atoms with Gasteiger partial charge in [0.05, 0.1) is 11.6 Å². The van der Waals surface area contributed by atoms with Gasteiger partial charge in [-0.1, -0.05) is 42.5 Å². The van der Waals surface area contributed by atoms with E-state index in [4.69, 9.17) is 4.74 Å². The largest absolute Gasteiger partial charge is 0.452 e. The summed E-state index contributed by atoms with van der Waals surface area (Å²) in [6, 6.07) is 17.6. The third-order valence-corrected chi connectivity index (χ3v) is 4.11. The molecule has 3 aromatic rings. The predicted molar refractivity (Wildman–Crippen MR) is 104 cm³/mol. The first kappa shape index (κ1) is 20.9. The molecule has 0 bridgehead atoms. The van der Waals surface area contributed by atoms with Gasteiger partial charge < -0.3 is 14.8 Å². The minimum Gasteiger partial charge on any atom is -0.452 e. The lowest BCUT2D eigenvalue weighted by Gasteiger charge is -2.20. The fraction of sp³-hybridized carbons (Fsp3) is 0.136. The summed E-state index contributed by atoms with van der Waals surface area (Å²) < 4.78 is 34.1. The average molecular weight is 412 g/mol. The molecule has 1 atom stereocenters. The molecular formula is C22H18F2N2O4. The average Bonchev–Trinajstić information content (AvgIpc) is 2.77. The second-order valence-corrected chi connectivity index (χ2v) is 6.18. The normalized spacial score (nSPS) is 11.6. The summed E-state index contributed by atoms with van der Waals surface area (Å²) in [5, 5.41) is 2.80. The number of nitrogens with zero attached hydrogens (tertiary/aromatic N) is 1. The summed E-state index contributed by atoms with van der Waals surface area (Å²) in [5.74, 6) is -1.17. The minimum absolute atomic E-state index is 0.0114. The van der Waals surface area contributed by atoms with E-state index in [0.717, 1.165) is 5.56 Å². The van der Waals surface area contributed by atoms with Crippen LogP contribution in [-0.2, 0) is 9.53 Å². The van der Waals surface area contributed by atoms with E-state index in [1.54, 1.807) is 18.2 Å². The van der Waals surface area contributed by atoms with E-state index >= 15 is 0 Å². The number of benzene rings is 2. The van der Waals surface area contributed by atoms with Crippen molar-refractivity contribution in [3.63, 3.8) is 0 Å². The Morgan fingerprint density at radius 1 is 0.933 bits per heavy atom. The number of carbonyl (C=O) groups is 2. The highest BCUT2D eigenvalue weighted by molar-refractivity contribution is 5.91. The molecule has 0 aliphatic heterocycles. The van der Waals surface area contributed by atoms with E-state index in [1.165, 1.54) is 30.6 Å². The molecule has 0 spiro atoms. The molecule has 0 radical (unpaired) electrons. The summed E-state index contributed by atoms with van der Waals surface area (Å²) in [4.78, 5) is 28.2. The smallest absolute Gasteiger partial charge is 0.387 e. The maximum atomic E-state index is 12.4. The number of alkyl halides is 2. The number of nitrogens with one attached hydrogen (secondary N) is 1. The van der Waals surface area contributed by atoms with Gasteiger partial charge in [0.25, 0.3) is 5.91 Å². The Bertz CT molecular complexity index is 967. The van der Waals surface area contributed by atoms with Crippen LogP contribution >= 0.6 is 0 Å². The van der Waals surface area contributed by atoms with Gasteiger partial charge in [-0.05, 0) is 35.4 Å². The van der Waals surface area contributed by atoms with Crippen molar-refractivity contribution in [1.29, 1.82) is 0 Å². The van der Waals surface area contributed by atoms with Gasteiger partial charge in [-0.15, -0.1) is 0 Å². The van der Waals surface area contributed by atoms with E-state index in [1.807, 2.05) is 30.3 Å². The molecule has 6 nitrogen and oxygen atoms in total. The summed E-state index contributed by atoms with van der Waals surface area (Å²) in [6.07, 6.45) is 2.86. The van der Waals surface area contributed by atoms with Crippen LogP contribution in [0.5, 0.6) is 5.75 Å². The summed E-state index contributed by atoms with van der Waals surface area (Å²) in [6.45, 7) is -3.40. The quantitative estimate of drug-likeness (QED) is 0.571. The lowest BCUT2D eigenvalue weighted by Crippen LogP contribution is -2.33. The number of halogens is 2. The van der Waals surface area contributed by atoms with E-state index < -0.39 is 31.1 Å². The van der Waals surface area contributed by atoms with Crippen LogP contribution in [0.25, 0.3) is 0 Å². The number of rotatable bonds is 8. The van der Waals surface area contributed by atoms with E-state index in [-0.39, 0.29) is 11.3 Å². The molecule has 0 saturated carbocycles. The molecule has 1 aromatic heterocycles. The first-order chi connectivity index (χ1) is 14.5. The van der Waals surface area contributed by atoms with Crippen LogP contribution in [0.15, 0.2) is 79.1 Å². The predicted octanol–water partition coefficient (Wildman–Crippen LogP) is 3.75. The number of hydrogen-bond donors (Lipinski definition) is 1. The van der Waals surface area contributed by atoms with Crippen LogP contribution in [0.4, 0.5) is 8.78 Å². The molecule has 0 unspecified atom stereocenters. The van der Waals surface area contributed by atoms with Gasteiger partial charge in [0.2, 0.25) is 0 Å². The molecule has 1 amide bonds. The van der Waals surface area contributed by atoms with Crippen molar-refractivity contribution >= 4 is 11.9 Å². The monoisotopic (exact) mass is 412 g/mol. The number of amides is 1. The highest BCUT2D eigenvalue weighted by atomic mass is 19.3. The van der Waals surface area contributed by atoms with Crippen molar-refractivity contribution in [2.75, 3.05) is 6.61 Å². The zero-order valence-corrected chi connectivity index (χ0v) is 15.7. The number of carbonyl (C=O) groups excluding carboxylic acids is 2. The lowest BCUT2D eigenvalue weighted by atomic mass is 9.98. The maximum absolute atomic E-state index is 12.4. The van der Waals surface area contributed by atoms with Crippen molar-refractivity contribution in [2.45, 2.75) is 12.7 Å². The topological polar surface area (TPSA) is 77.5 Å². The van der Waals surface area contributed by atoms with Crippen LogP contribution in [0.1, 0.15) is 27.5 Å². The second-order valence-electron chi connectivity index (χ2n) is 6.18. The molecule has 8 heteroatoms. The maximum Gasteiger partial charge on any atom is 0.387 e. The van der Waals surface area contributed by atoms with Gasteiger partial charge in [0.1, 0.15) is 5.75 Å². The van der Waals surface area contributed by atoms with E-state index in [2.05, 4.69) is 15.0 Å². The molecule has 1 N–H and O–H groups in total.